The van der Waals surface area contributed by atoms with Crippen LogP contribution in [0.25, 0.3) is 0 Å². The Balaban J connectivity index is 1.21. The molecule has 0 bridgehead atoms. The van der Waals surface area contributed by atoms with Crippen LogP contribution in [0.2, 0.25) is 0 Å². The molecule has 0 aromatic heterocycles. The zero-order valence-corrected chi connectivity index (χ0v) is 20.1. The summed E-state index contributed by atoms with van der Waals surface area (Å²) in [6.07, 6.45) is 7.87. The van der Waals surface area contributed by atoms with Crippen LogP contribution in [-0.4, -0.2) is 65.6 Å². The van der Waals surface area contributed by atoms with E-state index in [0.29, 0.717) is 28.1 Å². The van der Waals surface area contributed by atoms with Gasteiger partial charge in [0.2, 0.25) is 11.8 Å². The predicted octanol–water partition coefficient (Wildman–Crippen LogP) is 2.79. The van der Waals surface area contributed by atoms with Gasteiger partial charge in [-0.15, -0.1) is 0 Å². The van der Waals surface area contributed by atoms with E-state index in [-0.39, 0.29) is 18.7 Å². The summed E-state index contributed by atoms with van der Waals surface area (Å²) in [6, 6.07) is 5.02. The van der Waals surface area contributed by atoms with Crippen LogP contribution in [0.5, 0.6) is 0 Å². The molecule has 2 heterocycles. The van der Waals surface area contributed by atoms with Crippen LogP contribution in [0.15, 0.2) is 18.2 Å². The van der Waals surface area contributed by atoms with Crippen LogP contribution in [0, 0.1) is 11.3 Å². The molecule has 4 amide bonds. The Labute approximate surface area is 200 Å². The lowest BCUT2D eigenvalue weighted by Gasteiger charge is -2.52. The van der Waals surface area contributed by atoms with Gasteiger partial charge in [0.25, 0.3) is 11.8 Å². The van der Waals surface area contributed by atoms with Crippen LogP contribution in [0.4, 0.5) is 5.69 Å². The van der Waals surface area contributed by atoms with Crippen molar-refractivity contribution in [3.05, 3.63) is 29.3 Å². The van der Waals surface area contributed by atoms with Crippen molar-refractivity contribution in [2.75, 3.05) is 25.5 Å². The van der Waals surface area contributed by atoms with Crippen LogP contribution in [0.3, 0.4) is 0 Å². The summed E-state index contributed by atoms with van der Waals surface area (Å²) >= 11 is 0. The van der Waals surface area contributed by atoms with Crippen molar-refractivity contribution in [1.29, 1.82) is 0 Å². The Morgan fingerprint density at radius 3 is 2.50 bits per heavy atom. The lowest BCUT2D eigenvalue weighted by atomic mass is 9.55. The van der Waals surface area contributed by atoms with Crippen molar-refractivity contribution in [2.45, 2.75) is 70.4 Å². The molecule has 1 spiro atoms. The van der Waals surface area contributed by atoms with Gasteiger partial charge in [0.05, 0.1) is 11.1 Å². The second-order valence-corrected chi connectivity index (χ2v) is 10.6. The van der Waals surface area contributed by atoms with E-state index in [1.54, 1.807) is 12.1 Å². The van der Waals surface area contributed by atoms with Gasteiger partial charge in [-0.05, 0) is 82.0 Å². The number of nitrogens with one attached hydrogen (secondary N) is 2. The van der Waals surface area contributed by atoms with Crippen molar-refractivity contribution >= 4 is 29.3 Å². The minimum atomic E-state index is -0.939. The van der Waals surface area contributed by atoms with E-state index in [1.165, 1.54) is 38.5 Å². The minimum Gasteiger partial charge on any atom is -0.384 e. The number of carbonyl (C=O) groups excluding carboxylic acids is 4. The highest BCUT2D eigenvalue weighted by Gasteiger charge is 2.47. The normalized spacial score (nSPS) is 31.0. The highest BCUT2D eigenvalue weighted by molar-refractivity contribution is 6.25. The van der Waals surface area contributed by atoms with Crippen LogP contribution in [-0.2, 0) is 9.59 Å². The number of anilines is 1. The number of nitrogens with zero attached hydrogens (tertiary/aromatic N) is 2. The number of rotatable bonds is 6. The molecule has 2 aliphatic carbocycles. The number of carbonyl (C=O) groups is 4. The van der Waals surface area contributed by atoms with Gasteiger partial charge in [-0.2, -0.15) is 0 Å². The predicted molar refractivity (Wildman–Crippen MR) is 127 cm³/mol. The first-order chi connectivity index (χ1) is 16.3. The molecule has 5 rings (SSSR count). The van der Waals surface area contributed by atoms with E-state index >= 15 is 0 Å². The monoisotopic (exact) mass is 466 g/mol. The van der Waals surface area contributed by atoms with Crippen LogP contribution in [0.1, 0.15) is 79.0 Å². The van der Waals surface area contributed by atoms with Gasteiger partial charge >= 0.3 is 0 Å². The average Bonchev–Trinajstić information content (AvgIpc) is 3.07. The number of imide groups is 2. The van der Waals surface area contributed by atoms with Gasteiger partial charge in [0.15, 0.2) is 0 Å². The van der Waals surface area contributed by atoms with Crippen molar-refractivity contribution < 1.29 is 19.2 Å². The quantitative estimate of drug-likeness (QED) is 0.626. The van der Waals surface area contributed by atoms with E-state index in [4.69, 9.17) is 0 Å². The molecular formula is C26H34N4O4. The molecule has 2 aliphatic heterocycles. The summed E-state index contributed by atoms with van der Waals surface area (Å²) in [6.45, 7) is 4.10. The summed E-state index contributed by atoms with van der Waals surface area (Å²) in [5.41, 5.74) is 1.81. The Bertz CT molecular complexity index is 1020. The fraction of sp³-hybridized carbons (Fsp3) is 0.615. The van der Waals surface area contributed by atoms with Gasteiger partial charge in [0.1, 0.15) is 6.04 Å². The van der Waals surface area contributed by atoms with Crippen molar-refractivity contribution in [3.63, 3.8) is 0 Å². The molecule has 1 aromatic rings. The first kappa shape index (κ1) is 23.0. The minimum absolute atomic E-state index is 0.119. The third-order valence-corrected chi connectivity index (χ3v) is 8.63. The van der Waals surface area contributed by atoms with Gasteiger partial charge in [-0.1, -0.05) is 13.0 Å². The molecule has 1 saturated heterocycles. The van der Waals surface area contributed by atoms with Crippen LogP contribution < -0.4 is 10.6 Å². The van der Waals surface area contributed by atoms with Crippen molar-refractivity contribution in [2.24, 2.45) is 11.3 Å². The van der Waals surface area contributed by atoms with E-state index in [2.05, 4.69) is 29.5 Å². The molecule has 4 aliphatic rings. The van der Waals surface area contributed by atoms with Crippen molar-refractivity contribution in [3.8, 4) is 0 Å². The first-order valence-electron chi connectivity index (χ1n) is 12.6. The molecule has 182 valence electrons. The van der Waals surface area contributed by atoms with Crippen molar-refractivity contribution in [1.82, 2.24) is 15.1 Å². The van der Waals surface area contributed by atoms with E-state index in [1.807, 2.05) is 6.07 Å². The number of piperidine rings is 1. The standard InChI is InChI=1S/C26H34N4O4/c1-3-29(2)17-9-11-26(12-10-17)13-16(14-26)15-27-19-6-4-5-18-22(19)25(34)30(24(18)33)20-7-8-21(31)28-23(20)32/h4-6,16-17,20,27H,3,7-15H2,1-2H3,(H,28,31,32)/t16-,17-,20?,26?. The smallest absolute Gasteiger partial charge is 0.264 e. The molecule has 1 aromatic carbocycles. The third-order valence-electron chi connectivity index (χ3n) is 8.63. The number of fused-ring (bicyclic) bond motifs is 1. The highest BCUT2D eigenvalue weighted by atomic mass is 16.2. The topological polar surface area (TPSA) is 98.8 Å². The molecular weight excluding hydrogens is 432 g/mol. The van der Waals surface area contributed by atoms with E-state index in [0.717, 1.165) is 24.0 Å². The maximum atomic E-state index is 13.2. The molecule has 3 fully saturated rings. The molecule has 34 heavy (non-hydrogen) atoms. The Kier molecular flexibility index (Phi) is 5.96. The largest absolute Gasteiger partial charge is 0.384 e. The fourth-order valence-electron chi connectivity index (χ4n) is 6.55. The van der Waals surface area contributed by atoms with E-state index < -0.39 is 23.8 Å². The molecule has 2 saturated carbocycles. The van der Waals surface area contributed by atoms with Gasteiger partial charge < -0.3 is 10.2 Å². The molecule has 1 unspecified atom stereocenters. The molecule has 2 N–H and O–H groups in total. The number of hydrogen-bond acceptors (Lipinski definition) is 6. The van der Waals surface area contributed by atoms with Gasteiger partial charge in [-0.25, -0.2) is 0 Å². The zero-order valence-electron chi connectivity index (χ0n) is 20.1. The average molecular weight is 467 g/mol. The molecule has 8 heteroatoms. The lowest BCUT2D eigenvalue weighted by Crippen LogP contribution is -2.54. The van der Waals surface area contributed by atoms with E-state index in [9.17, 15) is 19.2 Å². The second kappa shape index (κ2) is 8.80. The molecule has 1 atom stereocenters. The summed E-state index contributed by atoms with van der Waals surface area (Å²) in [4.78, 5) is 53.5. The fourth-order valence-corrected chi connectivity index (χ4v) is 6.55. The summed E-state index contributed by atoms with van der Waals surface area (Å²) < 4.78 is 0. The zero-order chi connectivity index (χ0) is 24.0. The Morgan fingerprint density at radius 1 is 1.09 bits per heavy atom. The maximum Gasteiger partial charge on any atom is 0.264 e. The molecule has 0 radical (unpaired) electrons. The second-order valence-electron chi connectivity index (χ2n) is 10.6. The number of benzene rings is 1. The molecule has 8 nitrogen and oxygen atoms in total. The van der Waals surface area contributed by atoms with Crippen LogP contribution >= 0.6 is 0 Å². The Morgan fingerprint density at radius 2 is 1.82 bits per heavy atom. The van der Waals surface area contributed by atoms with Gasteiger partial charge in [-0.3, -0.25) is 29.4 Å². The first-order valence-corrected chi connectivity index (χ1v) is 12.6. The third kappa shape index (κ3) is 3.91. The highest BCUT2D eigenvalue weighted by Crippen LogP contribution is 2.55. The number of hydrogen-bond donors (Lipinski definition) is 2. The SMILES string of the molecule is CCN(C)[C@H]1CCC2(CC1)C[C@H](CNc1cccc3c1C(=O)N(C1CCC(=O)NC1=O)C3=O)C2. The van der Waals surface area contributed by atoms with Gasteiger partial charge in [0, 0.05) is 24.7 Å². The lowest BCUT2D eigenvalue weighted by molar-refractivity contribution is -0.136. The maximum absolute atomic E-state index is 13.2. The summed E-state index contributed by atoms with van der Waals surface area (Å²) in [7, 11) is 2.22. The summed E-state index contributed by atoms with van der Waals surface area (Å²) in [5.74, 6) is -1.31. The summed E-state index contributed by atoms with van der Waals surface area (Å²) in [5, 5.41) is 5.68. The Hall–Kier alpha value is -2.74. The number of amides is 4.